The fourth-order valence-corrected chi connectivity index (χ4v) is 4.38. The van der Waals surface area contributed by atoms with Crippen LogP contribution < -0.4 is 10.1 Å². The maximum Gasteiger partial charge on any atom is 0.329 e. The summed E-state index contributed by atoms with van der Waals surface area (Å²) >= 11 is 0. The molecule has 6 nitrogen and oxygen atoms in total. The molecule has 2 aliphatic rings. The van der Waals surface area contributed by atoms with Crippen LogP contribution in [-0.4, -0.2) is 34.6 Å². The maximum absolute atomic E-state index is 12.8. The van der Waals surface area contributed by atoms with E-state index in [0.717, 1.165) is 24.6 Å². The number of pyridine rings is 1. The van der Waals surface area contributed by atoms with Crippen LogP contribution in [-0.2, 0) is 4.79 Å². The van der Waals surface area contributed by atoms with E-state index in [1.54, 1.807) is 37.7 Å². The second kappa shape index (κ2) is 5.44. The highest BCUT2D eigenvalue weighted by Crippen LogP contribution is 2.60. The van der Waals surface area contributed by atoms with E-state index in [4.69, 9.17) is 4.74 Å². The van der Waals surface area contributed by atoms with Gasteiger partial charge in [0.15, 0.2) is 0 Å². The molecule has 1 heterocycles. The van der Waals surface area contributed by atoms with Gasteiger partial charge in [0.1, 0.15) is 11.3 Å². The number of aromatic nitrogens is 1. The minimum Gasteiger partial charge on any atom is -0.496 e. The lowest BCUT2D eigenvalue weighted by molar-refractivity contribution is -0.161. The molecular weight excluding hydrogens is 320 g/mol. The Morgan fingerprint density at radius 1 is 1.20 bits per heavy atom. The molecule has 0 aliphatic heterocycles. The third-order valence-electron chi connectivity index (χ3n) is 5.77. The first-order valence-electron chi connectivity index (χ1n) is 8.45. The lowest BCUT2D eigenvalue weighted by Gasteiger charge is -2.59. The Kier molecular flexibility index (Phi) is 3.45. The van der Waals surface area contributed by atoms with E-state index in [1.807, 2.05) is 0 Å². The van der Waals surface area contributed by atoms with E-state index in [0.29, 0.717) is 29.5 Å². The van der Waals surface area contributed by atoms with Crippen LogP contribution in [0.25, 0.3) is 10.8 Å². The molecule has 0 radical (unpaired) electrons. The van der Waals surface area contributed by atoms with E-state index in [9.17, 15) is 14.7 Å². The molecule has 0 atom stereocenters. The summed E-state index contributed by atoms with van der Waals surface area (Å²) in [5.74, 6) is -0.675. The van der Waals surface area contributed by atoms with Gasteiger partial charge in [0.25, 0.3) is 5.91 Å². The Labute approximate surface area is 145 Å². The van der Waals surface area contributed by atoms with Crippen LogP contribution in [0.2, 0.25) is 0 Å². The number of nitrogens with one attached hydrogen (secondary N) is 1. The number of nitrogens with zero attached hydrogens (tertiary/aromatic N) is 1. The predicted octanol–water partition coefficient (Wildman–Crippen LogP) is 2.76. The first-order valence-corrected chi connectivity index (χ1v) is 8.45. The molecule has 2 fully saturated rings. The van der Waals surface area contributed by atoms with Gasteiger partial charge in [-0.1, -0.05) is 6.42 Å². The van der Waals surface area contributed by atoms with Crippen LogP contribution in [0.3, 0.4) is 0 Å². The van der Waals surface area contributed by atoms with Gasteiger partial charge in [-0.05, 0) is 49.3 Å². The van der Waals surface area contributed by atoms with E-state index in [2.05, 4.69) is 10.3 Å². The molecular formula is C19H20N2O4. The summed E-state index contributed by atoms with van der Waals surface area (Å²) in [5, 5.41) is 13.9. The third kappa shape index (κ3) is 2.35. The number of ether oxygens (including phenoxy) is 1. The molecule has 1 aromatic heterocycles. The molecule has 4 rings (SSSR count). The number of carboxylic acid groups (broad SMARTS) is 1. The van der Waals surface area contributed by atoms with E-state index >= 15 is 0 Å². The van der Waals surface area contributed by atoms with Gasteiger partial charge in [-0.2, -0.15) is 0 Å². The first-order chi connectivity index (χ1) is 12.0. The number of hydrogen-bond acceptors (Lipinski definition) is 4. The molecule has 1 spiro atoms. The van der Waals surface area contributed by atoms with Crippen LogP contribution in [0.5, 0.6) is 5.75 Å². The topological polar surface area (TPSA) is 88.5 Å². The molecule has 1 aromatic carbocycles. The quantitative estimate of drug-likeness (QED) is 0.893. The maximum atomic E-state index is 12.8. The number of aliphatic carboxylic acids is 1. The number of hydrogen-bond donors (Lipinski definition) is 2. The molecule has 2 saturated carbocycles. The summed E-state index contributed by atoms with van der Waals surface area (Å²) in [6.07, 6.45) is 7.56. The van der Waals surface area contributed by atoms with Gasteiger partial charge in [-0.25, -0.2) is 4.79 Å². The summed E-state index contributed by atoms with van der Waals surface area (Å²) in [5.41, 5.74) is -0.597. The number of benzene rings is 1. The molecule has 0 saturated heterocycles. The standard InChI is InChI=1S/C19H20N2O4/c1-25-15-4-3-13(14-9-20-8-5-12(14)15)16(22)21-19(17(23)24)10-18(11-19)6-2-7-18/h3-5,8-9H,2,6-7,10-11H2,1H3,(H,21,22)(H,23,24). The van der Waals surface area contributed by atoms with Crippen LogP contribution in [0, 0.1) is 5.41 Å². The second-order valence-corrected chi connectivity index (χ2v) is 7.29. The number of fused-ring (bicyclic) bond motifs is 1. The number of carboxylic acids is 1. The Balaban J connectivity index is 1.65. The SMILES string of the molecule is COc1ccc(C(=O)NC2(C(=O)O)CC3(CCC3)C2)c2cnccc12. The summed E-state index contributed by atoms with van der Waals surface area (Å²) in [7, 11) is 1.57. The molecule has 2 aliphatic carbocycles. The molecule has 1 amide bonds. The van der Waals surface area contributed by atoms with Gasteiger partial charge in [0.05, 0.1) is 7.11 Å². The third-order valence-corrected chi connectivity index (χ3v) is 5.77. The highest BCUT2D eigenvalue weighted by Gasteiger charge is 2.61. The van der Waals surface area contributed by atoms with Crippen molar-refractivity contribution < 1.29 is 19.4 Å². The highest BCUT2D eigenvalue weighted by atomic mass is 16.5. The van der Waals surface area contributed by atoms with Crippen molar-refractivity contribution >= 4 is 22.6 Å². The van der Waals surface area contributed by atoms with Gasteiger partial charge in [-0.3, -0.25) is 9.78 Å². The number of methoxy groups -OCH3 is 1. The molecule has 0 unspecified atom stereocenters. The lowest BCUT2D eigenvalue weighted by atomic mass is 9.48. The summed E-state index contributed by atoms with van der Waals surface area (Å²) in [6.45, 7) is 0. The Morgan fingerprint density at radius 2 is 1.96 bits per heavy atom. The smallest absolute Gasteiger partial charge is 0.329 e. The van der Waals surface area contributed by atoms with Crippen molar-refractivity contribution in [2.24, 2.45) is 5.41 Å². The molecule has 2 aromatic rings. The van der Waals surface area contributed by atoms with Gasteiger partial charge < -0.3 is 15.2 Å². The van der Waals surface area contributed by atoms with Crippen LogP contribution >= 0.6 is 0 Å². The summed E-state index contributed by atoms with van der Waals surface area (Å²) in [4.78, 5) is 28.8. The van der Waals surface area contributed by atoms with E-state index in [1.165, 1.54) is 0 Å². The fourth-order valence-electron chi connectivity index (χ4n) is 4.38. The van der Waals surface area contributed by atoms with Crippen molar-refractivity contribution in [1.82, 2.24) is 10.3 Å². The predicted molar refractivity (Wildman–Crippen MR) is 91.6 cm³/mol. The number of carbonyl (C=O) groups is 2. The van der Waals surface area contributed by atoms with E-state index < -0.39 is 11.5 Å². The van der Waals surface area contributed by atoms with Gasteiger partial charge >= 0.3 is 5.97 Å². The van der Waals surface area contributed by atoms with Crippen molar-refractivity contribution in [3.8, 4) is 5.75 Å². The van der Waals surface area contributed by atoms with Crippen molar-refractivity contribution in [2.45, 2.75) is 37.6 Å². The first kappa shape index (κ1) is 15.9. The monoisotopic (exact) mass is 340 g/mol. The molecule has 6 heteroatoms. The fraction of sp³-hybridized carbons (Fsp3) is 0.421. The zero-order chi connectivity index (χ0) is 17.7. The summed E-state index contributed by atoms with van der Waals surface area (Å²) < 4.78 is 5.33. The zero-order valence-corrected chi connectivity index (χ0v) is 14.0. The highest BCUT2D eigenvalue weighted by molar-refractivity contribution is 6.09. The number of amides is 1. The van der Waals surface area contributed by atoms with Gasteiger partial charge in [-0.15, -0.1) is 0 Å². The zero-order valence-electron chi connectivity index (χ0n) is 14.0. The Morgan fingerprint density at radius 3 is 2.56 bits per heavy atom. The van der Waals surface area contributed by atoms with Crippen LogP contribution in [0.4, 0.5) is 0 Å². The van der Waals surface area contributed by atoms with Crippen molar-refractivity contribution in [3.63, 3.8) is 0 Å². The number of rotatable bonds is 4. The lowest BCUT2D eigenvalue weighted by Crippen LogP contribution is -2.68. The molecule has 130 valence electrons. The van der Waals surface area contributed by atoms with Crippen molar-refractivity contribution in [2.75, 3.05) is 7.11 Å². The Bertz CT molecular complexity index is 865. The van der Waals surface area contributed by atoms with Gasteiger partial charge in [0.2, 0.25) is 0 Å². The van der Waals surface area contributed by atoms with Crippen LogP contribution in [0.15, 0.2) is 30.6 Å². The van der Waals surface area contributed by atoms with Crippen LogP contribution in [0.1, 0.15) is 42.5 Å². The molecule has 2 N–H and O–H groups in total. The minimum atomic E-state index is -1.15. The molecule has 0 bridgehead atoms. The van der Waals surface area contributed by atoms with E-state index in [-0.39, 0.29) is 11.3 Å². The average molecular weight is 340 g/mol. The van der Waals surface area contributed by atoms with Gasteiger partial charge in [0, 0.05) is 28.7 Å². The largest absolute Gasteiger partial charge is 0.496 e. The average Bonchev–Trinajstić information content (AvgIpc) is 2.54. The summed E-state index contributed by atoms with van der Waals surface area (Å²) in [6, 6.07) is 5.16. The van der Waals surface area contributed by atoms with Crippen molar-refractivity contribution in [1.29, 1.82) is 0 Å². The molecule has 25 heavy (non-hydrogen) atoms. The Hall–Kier alpha value is -2.63. The number of carbonyl (C=O) groups excluding carboxylic acids is 1. The van der Waals surface area contributed by atoms with Crippen molar-refractivity contribution in [3.05, 3.63) is 36.2 Å². The normalized spacial score (nSPS) is 19.7. The minimum absolute atomic E-state index is 0.134. The second-order valence-electron chi connectivity index (χ2n) is 7.29.